The van der Waals surface area contributed by atoms with Crippen LogP contribution in [0.25, 0.3) is 10.2 Å². The van der Waals surface area contributed by atoms with Crippen molar-refractivity contribution in [1.82, 2.24) is 4.98 Å². The summed E-state index contributed by atoms with van der Waals surface area (Å²) in [4.78, 5) is 4.56. The van der Waals surface area contributed by atoms with Gasteiger partial charge >= 0.3 is 0 Å². The van der Waals surface area contributed by atoms with Crippen LogP contribution in [0.1, 0.15) is 25.3 Å². The Morgan fingerprint density at radius 3 is 2.81 bits per heavy atom. The highest BCUT2D eigenvalue weighted by Gasteiger charge is 2.23. The van der Waals surface area contributed by atoms with E-state index in [1.165, 1.54) is 4.70 Å². The zero-order valence-electron chi connectivity index (χ0n) is 9.53. The fraction of sp³-hybridized carbons (Fsp3) is 0.385. The molecule has 1 aromatic heterocycles. The average molecular weight is 230 g/mol. The minimum Gasteiger partial charge on any atom is -0.241 e. The van der Waals surface area contributed by atoms with E-state index >= 15 is 0 Å². The van der Waals surface area contributed by atoms with Crippen molar-refractivity contribution in [2.24, 2.45) is 5.41 Å². The van der Waals surface area contributed by atoms with Gasteiger partial charge in [0, 0.05) is 6.42 Å². The van der Waals surface area contributed by atoms with Gasteiger partial charge in [-0.2, -0.15) is 5.26 Å². The molecule has 3 heteroatoms. The van der Waals surface area contributed by atoms with Gasteiger partial charge in [-0.1, -0.05) is 19.1 Å². The Bertz CT molecular complexity index is 505. The summed E-state index contributed by atoms with van der Waals surface area (Å²) < 4.78 is 1.20. The summed E-state index contributed by atoms with van der Waals surface area (Å²) in [5.41, 5.74) is 0.757. The third-order valence-corrected chi connectivity index (χ3v) is 3.97. The van der Waals surface area contributed by atoms with Gasteiger partial charge in [-0.15, -0.1) is 11.3 Å². The van der Waals surface area contributed by atoms with Gasteiger partial charge in [0.2, 0.25) is 0 Å². The summed E-state index contributed by atoms with van der Waals surface area (Å²) >= 11 is 1.69. The first-order valence-corrected chi connectivity index (χ1v) is 6.24. The normalized spacial score (nSPS) is 14.6. The summed E-state index contributed by atoms with van der Waals surface area (Å²) in [7, 11) is 0. The number of rotatable bonds is 3. The van der Waals surface area contributed by atoms with E-state index < -0.39 is 0 Å². The van der Waals surface area contributed by atoms with Crippen LogP contribution in [0.2, 0.25) is 0 Å². The molecule has 2 aromatic rings. The highest BCUT2D eigenvalue weighted by atomic mass is 32.1. The van der Waals surface area contributed by atoms with Gasteiger partial charge in [-0.3, -0.25) is 0 Å². The second-order valence-corrected chi connectivity index (χ2v) is 5.39. The molecular weight excluding hydrogens is 216 g/mol. The van der Waals surface area contributed by atoms with Crippen LogP contribution in [0.5, 0.6) is 0 Å². The standard InChI is InChI=1S/C13H14N2S/c1-3-13(2,9-14)8-12-15-10-6-4-5-7-11(10)16-12/h4-7H,3,8H2,1-2H3. The molecule has 0 fully saturated rings. The Morgan fingerprint density at radius 1 is 1.44 bits per heavy atom. The van der Waals surface area contributed by atoms with Crippen molar-refractivity contribution < 1.29 is 0 Å². The Morgan fingerprint density at radius 2 is 2.19 bits per heavy atom. The molecule has 0 N–H and O–H groups in total. The van der Waals surface area contributed by atoms with E-state index in [1.54, 1.807) is 11.3 Å². The molecule has 0 aliphatic carbocycles. The van der Waals surface area contributed by atoms with E-state index in [-0.39, 0.29) is 5.41 Å². The molecule has 16 heavy (non-hydrogen) atoms. The molecule has 1 atom stereocenters. The quantitative estimate of drug-likeness (QED) is 0.804. The average Bonchev–Trinajstić information content (AvgIpc) is 2.70. The minimum atomic E-state index is -0.284. The third kappa shape index (κ3) is 2.07. The topological polar surface area (TPSA) is 36.7 Å². The van der Waals surface area contributed by atoms with E-state index in [1.807, 2.05) is 25.1 Å². The Labute approximate surface area is 99.6 Å². The predicted octanol–water partition coefficient (Wildman–Crippen LogP) is 3.78. The summed E-state index contributed by atoms with van der Waals surface area (Å²) in [6.07, 6.45) is 1.61. The molecule has 0 spiro atoms. The van der Waals surface area contributed by atoms with Crippen molar-refractivity contribution in [3.05, 3.63) is 29.3 Å². The largest absolute Gasteiger partial charge is 0.241 e. The van der Waals surface area contributed by atoms with E-state index in [2.05, 4.69) is 24.0 Å². The lowest BCUT2D eigenvalue weighted by molar-refractivity contribution is 0.422. The maximum Gasteiger partial charge on any atom is 0.0954 e. The first kappa shape index (κ1) is 11.1. The van der Waals surface area contributed by atoms with Gasteiger partial charge in [-0.25, -0.2) is 4.98 Å². The third-order valence-electron chi connectivity index (χ3n) is 2.93. The van der Waals surface area contributed by atoms with Crippen LogP contribution in [0.3, 0.4) is 0 Å². The fourth-order valence-corrected chi connectivity index (χ4v) is 2.73. The number of nitrogens with zero attached hydrogens (tertiary/aromatic N) is 2. The monoisotopic (exact) mass is 230 g/mol. The second kappa shape index (κ2) is 4.23. The van der Waals surface area contributed by atoms with E-state index in [0.29, 0.717) is 0 Å². The van der Waals surface area contributed by atoms with Crippen LogP contribution in [0.4, 0.5) is 0 Å². The molecule has 2 nitrogen and oxygen atoms in total. The summed E-state index contributed by atoms with van der Waals surface area (Å²) in [6.45, 7) is 4.05. The van der Waals surface area contributed by atoms with Gasteiger partial charge in [0.15, 0.2) is 0 Å². The highest BCUT2D eigenvalue weighted by Crippen LogP contribution is 2.30. The van der Waals surface area contributed by atoms with Gasteiger partial charge in [0.25, 0.3) is 0 Å². The Kier molecular flexibility index (Phi) is 2.93. The van der Waals surface area contributed by atoms with E-state index in [0.717, 1.165) is 23.4 Å². The lowest BCUT2D eigenvalue weighted by Gasteiger charge is -2.16. The first-order chi connectivity index (χ1) is 7.67. The van der Waals surface area contributed by atoms with Crippen LogP contribution in [0, 0.1) is 16.7 Å². The van der Waals surface area contributed by atoms with Crippen LogP contribution in [0.15, 0.2) is 24.3 Å². The first-order valence-electron chi connectivity index (χ1n) is 5.42. The van der Waals surface area contributed by atoms with Crippen LogP contribution in [-0.2, 0) is 6.42 Å². The van der Waals surface area contributed by atoms with Crippen molar-refractivity contribution in [3.8, 4) is 6.07 Å². The lowest BCUT2D eigenvalue weighted by Crippen LogP contribution is -2.15. The molecule has 1 heterocycles. The zero-order chi connectivity index (χ0) is 11.6. The molecule has 0 saturated carbocycles. The minimum absolute atomic E-state index is 0.284. The van der Waals surface area contributed by atoms with Crippen molar-refractivity contribution in [1.29, 1.82) is 5.26 Å². The fourth-order valence-electron chi connectivity index (χ4n) is 1.57. The number of hydrogen-bond acceptors (Lipinski definition) is 3. The summed E-state index contributed by atoms with van der Waals surface area (Å²) in [5, 5.41) is 10.2. The number of fused-ring (bicyclic) bond motifs is 1. The Hall–Kier alpha value is -1.40. The number of benzene rings is 1. The number of para-hydroxylation sites is 1. The maximum atomic E-state index is 9.15. The molecule has 0 aliphatic rings. The molecule has 0 saturated heterocycles. The van der Waals surface area contributed by atoms with E-state index in [9.17, 15) is 0 Å². The number of hydrogen-bond donors (Lipinski definition) is 0. The Balaban J connectivity index is 2.32. The van der Waals surface area contributed by atoms with Gasteiger partial charge in [0.05, 0.1) is 26.7 Å². The SMILES string of the molecule is CCC(C)(C#N)Cc1nc2ccccc2s1. The van der Waals surface area contributed by atoms with Gasteiger partial charge in [0.1, 0.15) is 0 Å². The second-order valence-electron chi connectivity index (χ2n) is 4.28. The molecule has 0 bridgehead atoms. The number of thiazole rings is 1. The number of nitriles is 1. The molecule has 82 valence electrons. The van der Waals surface area contributed by atoms with Crippen molar-refractivity contribution in [2.75, 3.05) is 0 Å². The molecule has 1 aromatic carbocycles. The summed E-state index contributed by atoms with van der Waals surface area (Å²) in [6, 6.07) is 10.5. The van der Waals surface area contributed by atoms with Crippen LogP contribution < -0.4 is 0 Å². The molecule has 2 rings (SSSR count). The van der Waals surface area contributed by atoms with Crippen molar-refractivity contribution in [3.63, 3.8) is 0 Å². The smallest absolute Gasteiger partial charge is 0.0954 e. The molecule has 1 unspecified atom stereocenters. The van der Waals surface area contributed by atoms with E-state index in [4.69, 9.17) is 5.26 Å². The molecule has 0 radical (unpaired) electrons. The number of aromatic nitrogens is 1. The molecule has 0 aliphatic heterocycles. The molecular formula is C13H14N2S. The van der Waals surface area contributed by atoms with Crippen LogP contribution in [-0.4, -0.2) is 4.98 Å². The van der Waals surface area contributed by atoms with Gasteiger partial charge in [-0.05, 0) is 25.5 Å². The van der Waals surface area contributed by atoms with Crippen molar-refractivity contribution >= 4 is 21.6 Å². The summed E-state index contributed by atoms with van der Waals surface area (Å²) in [5.74, 6) is 0. The zero-order valence-corrected chi connectivity index (χ0v) is 10.3. The highest BCUT2D eigenvalue weighted by molar-refractivity contribution is 7.18. The van der Waals surface area contributed by atoms with Crippen molar-refractivity contribution in [2.45, 2.75) is 26.7 Å². The lowest BCUT2D eigenvalue weighted by atomic mass is 9.86. The van der Waals surface area contributed by atoms with Crippen LogP contribution >= 0.6 is 11.3 Å². The molecule has 0 amide bonds. The maximum absolute atomic E-state index is 9.15. The predicted molar refractivity (Wildman–Crippen MR) is 67.3 cm³/mol. The van der Waals surface area contributed by atoms with Gasteiger partial charge < -0.3 is 0 Å².